The van der Waals surface area contributed by atoms with Gasteiger partial charge in [0, 0.05) is 6.54 Å². The Morgan fingerprint density at radius 1 is 1.18 bits per heavy atom. The molecular weight excluding hydrogens is 306 g/mol. The predicted molar refractivity (Wildman–Crippen MR) is 79.9 cm³/mol. The molecule has 2 aromatic rings. The number of rotatable bonds is 5. The normalized spacial score (nSPS) is 11.1. The highest BCUT2D eigenvalue weighted by Crippen LogP contribution is 2.22. The van der Waals surface area contributed by atoms with Gasteiger partial charge in [0.25, 0.3) is 0 Å². The first kappa shape index (κ1) is 16.0. The van der Waals surface area contributed by atoms with Crippen LogP contribution in [0.5, 0.6) is 5.75 Å². The van der Waals surface area contributed by atoms with E-state index in [9.17, 15) is 18.3 Å². The molecule has 0 unspecified atom stereocenters. The van der Waals surface area contributed by atoms with E-state index < -0.39 is 16.0 Å². The van der Waals surface area contributed by atoms with E-state index in [1.165, 1.54) is 6.07 Å². The topological polar surface area (TPSA) is 92.7 Å². The zero-order valence-corrected chi connectivity index (χ0v) is 12.6. The van der Waals surface area contributed by atoms with Crippen LogP contribution in [0.4, 0.5) is 0 Å². The van der Waals surface area contributed by atoms with E-state index in [1.807, 2.05) is 6.07 Å². The molecule has 2 rings (SSSR count). The lowest BCUT2D eigenvalue weighted by Gasteiger charge is -2.09. The third-order valence-electron chi connectivity index (χ3n) is 2.99. The van der Waals surface area contributed by atoms with Crippen molar-refractivity contribution < 1.29 is 23.1 Å². The minimum atomic E-state index is -3.81. The van der Waals surface area contributed by atoms with Crippen molar-refractivity contribution in [2.24, 2.45) is 0 Å². The van der Waals surface area contributed by atoms with E-state index in [4.69, 9.17) is 0 Å². The number of benzene rings is 2. The van der Waals surface area contributed by atoms with Gasteiger partial charge in [-0.05, 0) is 23.8 Å². The van der Waals surface area contributed by atoms with Gasteiger partial charge in [-0.25, -0.2) is 17.9 Å². The number of hydrogen-bond acceptors (Lipinski definition) is 5. The molecule has 0 radical (unpaired) electrons. The Bertz CT molecular complexity index is 772. The van der Waals surface area contributed by atoms with E-state index in [0.29, 0.717) is 0 Å². The molecular formula is C15H15NO5S. The van der Waals surface area contributed by atoms with Crippen molar-refractivity contribution in [1.29, 1.82) is 0 Å². The fourth-order valence-electron chi connectivity index (χ4n) is 1.81. The number of hydrogen-bond donors (Lipinski definition) is 2. The molecule has 6 nitrogen and oxygen atoms in total. The molecule has 0 aliphatic rings. The maximum absolute atomic E-state index is 12.2. The zero-order valence-electron chi connectivity index (χ0n) is 11.8. The molecule has 22 heavy (non-hydrogen) atoms. The van der Waals surface area contributed by atoms with E-state index in [2.05, 4.69) is 9.46 Å². The largest absolute Gasteiger partial charge is 0.507 e. The number of phenols is 1. The van der Waals surface area contributed by atoms with E-state index in [-0.39, 0.29) is 22.8 Å². The fourth-order valence-corrected chi connectivity index (χ4v) is 2.86. The standard InChI is InChI=1S/C15H15NO5S/c1-21-15(18)13-9-12(7-8-14(13)17)22(19,20)16-10-11-5-3-2-4-6-11/h2-9,16-17H,10H2,1H3. The minimum Gasteiger partial charge on any atom is -0.507 e. The fraction of sp³-hybridized carbons (Fsp3) is 0.133. The second-order valence-corrected chi connectivity index (χ2v) is 6.25. The van der Waals surface area contributed by atoms with Gasteiger partial charge in [-0.1, -0.05) is 30.3 Å². The first-order valence-electron chi connectivity index (χ1n) is 6.39. The zero-order chi connectivity index (χ0) is 16.2. The summed E-state index contributed by atoms with van der Waals surface area (Å²) in [4.78, 5) is 11.4. The number of esters is 1. The van der Waals surface area contributed by atoms with E-state index in [1.54, 1.807) is 24.3 Å². The van der Waals surface area contributed by atoms with Crippen molar-refractivity contribution >= 4 is 16.0 Å². The van der Waals surface area contributed by atoms with Gasteiger partial charge < -0.3 is 9.84 Å². The molecule has 2 aromatic carbocycles. The Labute approximate surface area is 128 Å². The summed E-state index contributed by atoms with van der Waals surface area (Å²) in [6.45, 7) is 0.123. The Morgan fingerprint density at radius 2 is 1.86 bits per heavy atom. The second kappa shape index (κ2) is 6.59. The van der Waals surface area contributed by atoms with Crippen LogP contribution in [0.15, 0.2) is 53.4 Å². The quantitative estimate of drug-likeness (QED) is 0.817. The third-order valence-corrected chi connectivity index (χ3v) is 4.39. The van der Waals surface area contributed by atoms with Gasteiger partial charge in [0.2, 0.25) is 10.0 Å². The summed E-state index contributed by atoms with van der Waals surface area (Å²) < 4.78 is 31.4. The maximum Gasteiger partial charge on any atom is 0.341 e. The minimum absolute atomic E-state index is 0.123. The number of ether oxygens (including phenoxy) is 1. The highest BCUT2D eigenvalue weighted by Gasteiger charge is 2.19. The van der Waals surface area contributed by atoms with Crippen LogP contribution in [0, 0.1) is 0 Å². The van der Waals surface area contributed by atoms with Gasteiger partial charge in [0.05, 0.1) is 12.0 Å². The summed E-state index contributed by atoms with van der Waals surface area (Å²) in [7, 11) is -2.66. The number of nitrogens with one attached hydrogen (secondary N) is 1. The monoisotopic (exact) mass is 321 g/mol. The van der Waals surface area contributed by atoms with Gasteiger partial charge in [0.15, 0.2) is 0 Å². The second-order valence-electron chi connectivity index (χ2n) is 4.48. The molecule has 0 atom stereocenters. The predicted octanol–water partition coefficient (Wildman–Crippen LogP) is 1.66. The average molecular weight is 321 g/mol. The van der Waals surface area contributed by atoms with Crippen LogP contribution in [0.1, 0.15) is 15.9 Å². The van der Waals surface area contributed by atoms with Crippen LogP contribution in [0.25, 0.3) is 0 Å². The van der Waals surface area contributed by atoms with Crippen molar-refractivity contribution in [3.05, 3.63) is 59.7 Å². The number of carbonyl (C=O) groups excluding carboxylic acids is 1. The number of methoxy groups -OCH3 is 1. The maximum atomic E-state index is 12.2. The Morgan fingerprint density at radius 3 is 2.50 bits per heavy atom. The molecule has 2 N–H and O–H groups in total. The van der Waals surface area contributed by atoms with Crippen LogP contribution in [0.2, 0.25) is 0 Å². The summed E-state index contributed by atoms with van der Waals surface area (Å²) in [6.07, 6.45) is 0. The molecule has 0 heterocycles. The molecule has 7 heteroatoms. The van der Waals surface area contributed by atoms with Crippen molar-refractivity contribution in [2.45, 2.75) is 11.4 Å². The molecule has 0 aliphatic heterocycles. The third kappa shape index (κ3) is 3.63. The van der Waals surface area contributed by atoms with Crippen molar-refractivity contribution in [3.8, 4) is 5.75 Å². The van der Waals surface area contributed by atoms with E-state index >= 15 is 0 Å². The SMILES string of the molecule is COC(=O)c1cc(S(=O)(=O)NCc2ccccc2)ccc1O. The Kier molecular flexibility index (Phi) is 4.79. The van der Waals surface area contributed by atoms with Gasteiger partial charge in [-0.15, -0.1) is 0 Å². The number of aromatic hydroxyl groups is 1. The molecule has 0 bridgehead atoms. The molecule has 0 aliphatic carbocycles. The molecule has 0 fully saturated rings. The molecule has 0 spiro atoms. The summed E-state index contributed by atoms with van der Waals surface area (Å²) >= 11 is 0. The van der Waals surface area contributed by atoms with Crippen molar-refractivity contribution in [1.82, 2.24) is 4.72 Å². The summed E-state index contributed by atoms with van der Waals surface area (Å²) in [5, 5.41) is 9.59. The first-order valence-corrected chi connectivity index (χ1v) is 7.87. The van der Waals surface area contributed by atoms with Crippen LogP contribution >= 0.6 is 0 Å². The molecule has 0 saturated heterocycles. The van der Waals surface area contributed by atoms with Crippen molar-refractivity contribution in [3.63, 3.8) is 0 Å². The average Bonchev–Trinajstić information content (AvgIpc) is 2.53. The summed E-state index contributed by atoms with van der Waals surface area (Å²) in [6, 6.07) is 12.5. The number of phenolic OH excluding ortho intramolecular Hbond substituents is 1. The lowest BCUT2D eigenvalue weighted by molar-refractivity contribution is 0.0597. The highest BCUT2D eigenvalue weighted by atomic mass is 32.2. The van der Waals surface area contributed by atoms with Gasteiger partial charge in [0.1, 0.15) is 11.3 Å². The van der Waals surface area contributed by atoms with Crippen LogP contribution in [-0.2, 0) is 21.3 Å². The molecule has 0 amide bonds. The van der Waals surface area contributed by atoms with Crippen LogP contribution in [0.3, 0.4) is 0 Å². The highest BCUT2D eigenvalue weighted by molar-refractivity contribution is 7.89. The lowest BCUT2D eigenvalue weighted by Crippen LogP contribution is -2.23. The summed E-state index contributed by atoms with van der Waals surface area (Å²) in [5.41, 5.74) is 0.600. The Hall–Kier alpha value is -2.38. The summed E-state index contributed by atoms with van der Waals surface area (Å²) in [5.74, 6) is -1.15. The van der Waals surface area contributed by atoms with E-state index in [0.717, 1.165) is 24.8 Å². The number of carbonyl (C=O) groups is 1. The van der Waals surface area contributed by atoms with Gasteiger partial charge >= 0.3 is 5.97 Å². The first-order chi connectivity index (χ1) is 10.4. The van der Waals surface area contributed by atoms with Crippen LogP contribution < -0.4 is 4.72 Å². The van der Waals surface area contributed by atoms with Gasteiger partial charge in [-0.3, -0.25) is 0 Å². The smallest absolute Gasteiger partial charge is 0.341 e. The van der Waals surface area contributed by atoms with Gasteiger partial charge in [-0.2, -0.15) is 0 Å². The van der Waals surface area contributed by atoms with Crippen LogP contribution in [-0.4, -0.2) is 26.6 Å². The molecule has 0 aromatic heterocycles. The molecule has 116 valence electrons. The van der Waals surface area contributed by atoms with Crippen molar-refractivity contribution in [2.75, 3.05) is 7.11 Å². The Balaban J connectivity index is 2.24. The number of sulfonamides is 1. The molecule has 0 saturated carbocycles. The lowest BCUT2D eigenvalue weighted by atomic mass is 10.2.